The third-order valence-electron chi connectivity index (χ3n) is 4.55. The van der Waals surface area contributed by atoms with Gasteiger partial charge in [0.1, 0.15) is 0 Å². The summed E-state index contributed by atoms with van der Waals surface area (Å²) in [5.41, 5.74) is 2.48. The van der Waals surface area contributed by atoms with Gasteiger partial charge in [-0.2, -0.15) is 0 Å². The van der Waals surface area contributed by atoms with E-state index in [0.29, 0.717) is 22.9 Å². The van der Waals surface area contributed by atoms with Gasteiger partial charge in [-0.1, -0.05) is 0 Å². The van der Waals surface area contributed by atoms with E-state index in [1.54, 1.807) is 13.8 Å². The van der Waals surface area contributed by atoms with E-state index in [0.717, 1.165) is 23.4 Å². The van der Waals surface area contributed by atoms with E-state index < -0.39 is 0 Å². The van der Waals surface area contributed by atoms with Crippen molar-refractivity contribution in [1.82, 2.24) is 10.3 Å². The lowest BCUT2D eigenvalue weighted by Gasteiger charge is -2.20. The lowest BCUT2D eigenvalue weighted by molar-refractivity contribution is -0.885. The first-order valence-electron chi connectivity index (χ1n) is 8.08. The first kappa shape index (κ1) is 17.4. The molecule has 0 aromatic carbocycles. The highest BCUT2D eigenvalue weighted by atomic mass is 16.2. The number of Topliss-reactive ketones (excluding diaryl/α,β-unsaturated/α-hetero) is 2. The Kier molecular flexibility index (Phi) is 5.04. The van der Waals surface area contributed by atoms with E-state index in [2.05, 4.69) is 10.3 Å². The number of H-pyrrole nitrogens is 1. The Bertz CT molecular complexity index is 644. The number of hydrogen-bond donors (Lipinski definition) is 3. The van der Waals surface area contributed by atoms with E-state index >= 15 is 0 Å². The monoisotopic (exact) mass is 320 g/mol. The molecule has 6 heteroatoms. The number of quaternary nitrogens is 1. The van der Waals surface area contributed by atoms with Crippen LogP contribution in [0, 0.1) is 13.8 Å². The normalized spacial score (nSPS) is 16.7. The van der Waals surface area contributed by atoms with Crippen LogP contribution in [0.2, 0.25) is 0 Å². The molecule has 3 N–H and O–H groups in total. The Hall–Kier alpha value is -1.95. The SMILES string of the molecule is CC(=O)c1c(C)[nH]c(C(=O)[C@@H](C)[NH+](C)CC(=O)NC2CC2)c1C. The van der Waals surface area contributed by atoms with Crippen LogP contribution < -0.4 is 10.2 Å². The Morgan fingerprint density at radius 1 is 1.30 bits per heavy atom. The van der Waals surface area contributed by atoms with E-state index in [9.17, 15) is 14.4 Å². The topological polar surface area (TPSA) is 83.5 Å². The average Bonchev–Trinajstić information content (AvgIpc) is 3.20. The predicted octanol–water partition coefficient (Wildman–Crippen LogP) is 0.199. The first-order valence-corrected chi connectivity index (χ1v) is 8.08. The molecule has 2 rings (SSSR count). The average molecular weight is 320 g/mol. The number of nitrogens with one attached hydrogen (secondary N) is 3. The smallest absolute Gasteiger partial charge is 0.275 e. The molecule has 1 aliphatic carbocycles. The summed E-state index contributed by atoms with van der Waals surface area (Å²) in [6.45, 7) is 7.16. The van der Waals surface area contributed by atoms with Crippen LogP contribution in [0.5, 0.6) is 0 Å². The molecule has 1 heterocycles. The van der Waals surface area contributed by atoms with E-state index in [-0.39, 0.29) is 30.1 Å². The molecule has 1 unspecified atom stereocenters. The molecular formula is C17H26N3O3+. The zero-order chi connectivity index (χ0) is 17.3. The molecule has 1 fully saturated rings. The van der Waals surface area contributed by atoms with Gasteiger partial charge in [0.25, 0.3) is 5.91 Å². The van der Waals surface area contributed by atoms with Crippen molar-refractivity contribution in [1.29, 1.82) is 0 Å². The van der Waals surface area contributed by atoms with Gasteiger partial charge in [-0.15, -0.1) is 0 Å². The van der Waals surface area contributed by atoms with E-state index in [1.807, 2.05) is 14.0 Å². The summed E-state index contributed by atoms with van der Waals surface area (Å²) in [4.78, 5) is 40.2. The number of ketones is 2. The van der Waals surface area contributed by atoms with Crippen LogP contribution >= 0.6 is 0 Å². The molecule has 1 saturated carbocycles. The van der Waals surface area contributed by atoms with Crippen molar-refractivity contribution in [3.8, 4) is 0 Å². The largest absolute Gasteiger partial charge is 0.355 e. The summed E-state index contributed by atoms with van der Waals surface area (Å²) in [7, 11) is 1.84. The fourth-order valence-corrected chi connectivity index (χ4v) is 2.88. The van der Waals surface area contributed by atoms with Gasteiger partial charge in [0, 0.05) is 17.3 Å². The molecule has 1 aromatic rings. The number of rotatable bonds is 7. The van der Waals surface area contributed by atoms with Crippen LogP contribution in [-0.2, 0) is 4.79 Å². The van der Waals surface area contributed by atoms with Gasteiger partial charge < -0.3 is 15.2 Å². The van der Waals surface area contributed by atoms with Crippen LogP contribution in [0.15, 0.2) is 0 Å². The first-order chi connectivity index (χ1) is 10.7. The highest BCUT2D eigenvalue weighted by Crippen LogP contribution is 2.19. The predicted molar refractivity (Wildman–Crippen MR) is 87.0 cm³/mol. The van der Waals surface area contributed by atoms with Crippen molar-refractivity contribution in [2.24, 2.45) is 0 Å². The molecule has 1 amide bonds. The summed E-state index contributed by atoms with van der Waals surface area (Å²) in [5, 5.41) is 2.93. The minimum atomic E-state index is -0.364. The number of amides is 1. The molecular weight excluding hydrogens is 294 g/mol. The van der Waals surface area contributed by atoms with Crippen LogP contribution in [0.4, 0.5) is 0 Å². The maximum absolute atomic E-state index is 12.7. The van der Waals surface area contributed by atoms with Crippen LogP contribution in [0.1, 0.15) is 58.8 Å². The molecule has 2 atom stereocenters. The Morgan fingerprint density at radius 2 is 1.91 bits per heavy atom. The Morgan fingerprint density at radius 3 is 2.39 bits per heavy atom. The van der Waals surface area contributed by atoms with Crippen molar-refractivity contribution in [3.63, 3.8) is 0 Å². The summed E-state index contributed by atoms with van der Waals surface area (Å²) in [6.07, 6.45) is 2.10. The maximum Gasteiger partial charge on any atom is 0.275 e. The Balaban J connectivity index is 2.08. The van der Waals surface area contributed by atoms with Crippen molar-refractivity contribution < 1.29 is 19.3 Å². The molecule has 0 saturated heterocycles. The fourth-order valence-electron chi connectivity index (χ4n) is 2.88. The summed E-state index contributed by atoms with van der Waals surface area (Å²) >= 11 is 0. The summed E-state index contributed by atoms with van der Waals surface area (Å²) in [6, 6.07) is -0.0377. The molecule has 6 nitrogen and oxygen atoms in total. The zero-order valence-corrected chi connectivity index (χ0v) is 14.5. The van der Waals surface area contributed by atoms with Gasteiger partial charge in [-0.3, -0.25) is 14.4 Å². The van der Waals surface area contributed by atoms with Crippen molar-refractivity contribution in [2.75, 3.05) is 13.6 Å². The molecule has 1 aromatic heterocycles. The number of likely N-dealkylation sites (N-methyl/N-ethyl adjacent to an activating group) is 1. The third kappa shape index (κ3) is 3.88. The molecule has 23 heavy (non-hydrogen) atoms. The van der Waals surface area contributed by atoms with Gasteiger partial charge in [0.2, 0.25) is 5.78 Å². The fraction of sp³-hybridized carbons (Fsp3) is 0.588. The summed E-state index contributed by atoms with van der Waals surface area (Å²) < 4.78 is 0. The second kappa shape index (κ2) is 6.66. The zero-order valence-electron chi connectivity index (χ0n) is 14.5. The summed E-state index contributed by atoms with van der Waals surface area (Å²) in [5.74, 6) is -0.143. The lowest BCUT2D eigenvalue weighted by Crippen LogP contribution is -3.14. The van der Waals surface area contributed by atoms with Crippen molar-refractivity contribution >= 4 is 17.5 Å². The van der Waals surface area contributed by atoms with Crippen molar-refractivity contribution in [3.05, 3.63) is 22.5 Å². The minimum Gasteiger partial charge on any atom is -0.355 e. The molecule has 126 valence electrons. The van der Waals surface area contributed by atoms with Gasteiger partial charge in [0.15, 0.2) is 18.4 Å². The molecule has 1 aliphatic rings. The number of aromatic nitrogens is 1. The molecule has 0 bridgehead atoms. The lowest BCUT2D eigenvalue weighted by atomic mass is 10.0. The molecule has 0 radical (unpaired) electrons. The van der Waals surface area contributed by atoms with Crippen LogP contribution in [-0.4, -0.2) is 48.1 Å². The number of aryl methyl sites for hydroxylation is 1. The van der Waals surface area contributed by atoms with Gasteiger partial charge in [-0.25, -0.2) is 0 Å². The maximum atomic E-state index is 12.7. The quantitative estimate of drug-likeness (QED) is 0.628. The highest BCUT2D eigenvalue weighted by Gasteiger charge is 2.30. The highest BCUT2D eigenvalue weighted by molar-refractivity contribution is 6.04. The number of carbonyl (C=O) groups excluding carboxylic acids is 3. The molecule has 0 aliphatic heterocycles. The number of hydrogen-bond acceptors (Lipinski definition) is 3. The number of carbonyl (C=O) groups is 3. The van der Waals surface area contributed by atoms with Gasteiger partial charge in [-0.05, 0) is 46.1 Å². The van der Waals surface area contributed by atoms with E-state index in [4.69, 9.17) is 0 Å². The Labute approximate surface area is 136 Å². The minimum absolute atomic E-state index is 0.0199. The van der Waals surface area contributed by atoms with Gasteiger partial charge >= 0.3 is 0 Å². The van der Waals surface area contributed by atoms with Crippen LogP contribution in [0.3, 0.4) is 0 Å². The van der Waals surface area contributed by atoms with E-state index in [1.165, 1.54) is 6.92 Å². The third-order valence-corrected chi connectivity index (χ3v) is 4.55. The van der Waals surface area contributed by atoms with Gasteiger partial charge in [0.05, 0.1) is 12.7 Å². The second-order valence-electron chi connectivity index (χ2n) is 6.63. The standard InChI is InChI=1S/C17H25N3O3/c1-9-15(12(4)21)10(2)18-16(9)17(23)11(3)20(5)8-14(22)19-13-6-7-13/h11,13,18H,6-8H2,1-5H3,(H,19,22)/p+1/t11-/m1/s1. The van der Waals surface area contributed by atoms with Crippen molar-refractivity contribution in [2.45, 2.75) is 52.6 Å². The number of aromatic amines is 1. The van der Waals surface area contributed by atoms with Crippen LogP contribution in [0.25, 0.3) is 0 Å². The molecule has 0 spiro atoms. The second-order valence-corrected chi connectivity index (χ2v) is 6.63.